The highest BCUT2D eigenvalue weighted by atomic mass is 32.2. The number of rotatable bonds is 0. The summed E-state index contributed by atoms with van der Waals surface area (Å²) in [6, 6.07) is 4.13. The molecule has 0 bridgehead atoms. The molecule has 0 aromatic rings. The van der Waals surface area contributed by atoms with Crippen molar-refractivity contribution < 1.29 is 0 Å². The molecule has 0 radical (unpaired) electrons. The van der Waals surface area contributed by atoms with E-state index >= 15 is 0 Å². The molecule has 0 aromatic carbocycles. The monoisotopic (exact) mass is 218 g/mol. The summed E-state index contributed by atoms with van der Waals surface area (Å²) in [7, 11) is 0. The van der Waals surface area contributed by atoms with Gasteiger partial charge in [0.1, 0.15) is 17.7 Å². The molecule has 0 aromatic heterocycles. The van der Waals surface area contributed by atoms with Gasteiger partial charge in [-0.25, -0.2) is 0 Å². The summed E-state index contributed by atoms with van der Waals surface area (Å²) in [6.07, 6.45) is 5.97. The lowest BCUT2D eigenvalue weighted by atomic mass is 9.80. The first-order valence-corrected chi connectivity index (χ1v) is 6.56. The van der Waals surface area contributed by atoms with Crippen molar-refractivity contribution in [1.82, 2.24) is 0 Å². The fourth-order valence-electron chi connectivity index (χ4n) is 2.68. The number of nitrogens with zero attached hydrogens (tertiary/aromatic N) is 2. The highest BCUT2D eigenvalue weighted by Gasteiger charge is 2.33. The molecule has 2 fully saturated rings. The zero-order chi connectivity index (χ0) is 10.7. The Hall–Kier alpha value is -0.930. The van der Waals surface area contributed by atoms with Crippen molar-refractivity contribution in [3.05, 3.63) is 11.1 Å². The van der Waals surface area contributed by atoms with E-state index in [0.29, 0.717) is 16.7 Å². The van der Waals surface area contributed by atoms with Crippen molar-refractivity contribution in [3.8, 4) is 12.1 Å². The zero-order valence-corrected chi connectivity index (χ0v) is 9.52. The van der Waals surface area contributed by atoms with Crippen LogP contribution in [0.2, 0.25) is 0 Å². The Bertz CT molecular complexity index is 341. The maximum Gasteiger partial charge on any atom is 0.129 e. The number of allylic oxidation sites excluding steroid dienone is 2. The molecule has 0 spiro atoms. The second kappa shape index (κ2) is 4.73. The standard InChI is InChI=1S/C12H14N2S/c13-7-9(8-14)10-5-6-15-12-4-2-1-3-11(10)12/h11-12H,1-6H2/t11-,12-/m1/s1. The molecule has 0 N–H and O–H groups in total. The van der Waals surface area contributed by atoms with E-state index in [9.17, 15) is 0 Å². The van der Waals surface area contributed by atoms with E-state index < -0.39 is 0 Å². The van der Waals surface area contributed by atoms with Crippen LogP contribution >= 0.6 is 11.8 Å². The number of hydrogen-bond acceptors (Lipinski definition) is 3. The molecule has 0 amide bonds. The van der Waals surface area contributed by atoms with E-state index in [1.165, 1.54) is 25.7 Å². The third-order valence-corrected chi connectivity index (χ3v) is 4.83. The van der Waals surface area contributed by atoms with Crippen LogP contribution in [0, 0.1) is 28.6 Å². The van der Waals surface area contributed by atoms with Gasteiger partial charge < -0.3 is 0 Å². The molecule has 1 aliphatic carbocycles. The first kappa shape index (κ1) is 10.6. The fourth-order valence-corrected chi connectivity index (χ4v) is 4.19. The average molecular weight is 218 g/mol. The highest BCUT2D eigenvalue weighted by Crippen LogP contribution is 2.44. The van der Waals surface area contributed by atoms with Crippen LogP contribution in [-0.4, -0.2) is 11.0 Å². The van der Waals surface area contributed by atoms with Gasteiger partial charge in [0, 0.05) is 5.25 Å². The summed E-state index contributed by atoms with van der Waals surface area (Å²) >= 11 is 2.04. The van der Waals surface area contributed by atoms with Gasteiger partial charge in [-0.3, -0.25) is 0 Å². The molecule has 1 saturated heterocycles. The highest BCUT2D eigenvalue weighted by molar-refractivity contribution is 8.00. The van der Waals surface area contributed by atoms with E-state index in [-0.39, 0.29) is 0 Å². The Kier molecular flexibility index (Phi) is 3.34. The summed E-state index contributed by atoms with van der Waals surface area (Å²) in [6.45, 7) is 0. The summed E-state index contributed by atoms with van der Waals surface area (Å²) in [5.41, 5.74) is 1.55. The molecule has 2 nitrogen and oxygen atoms in total. The van der Waals surface area contributed by atoms with Crippen LogP contribution < -0.4 is 0 Å². The van der Waals surface area contributed by atoms with Gasteiger partial charge in [0.25, 0.3) is 0 Å². The molecule has 1 saturated carbocycles. The molecular formula is C12H14N2S. The predicted molar refractivity (Wildman–Crippen MR) is 61.1 cm³/mol. The SMILES string of the molecule is N#CC(C#N)=C1CCS[C@@H]2CCCC[C@H]12. The maximum atomic E-state index is 8.93. The zero-order valence-electron chi connectivity index (χ0n) is 8.70. The second-order valence-electron chi connectivity index (χ2n) is 4.17. The van der Waals surface area contributed by atoms with Crippen molar-refractivity contribution in [3.63, 3.8) is 0 Å². The van der Waals surface area contributed by atoms with Crippen LogP contribution in [0.5, 0.6) is 0 Å². The van der Waals surface area contributed by atoms with Crippen molar-refractivity contribution in [2.24, 2.45) is 5.92 Å². The lowest BCUT2D eigenvalue weighted by molar-refractivity contribution is 0.402. The van der Waals surface area contributed by atoms with E-state index in [4.69, 9.17) is 10.5 Å². The van der Waals surface area contributed by atoms with Gasteiger partial charge in [0.05, 0.1) is 0 Å². The molecule has 1 heterocycles. The molecule has 3 heteroatoms. The Morgan fingerprint density at radius 3 is 2.67 bits per heavy atom. The van der Waals surface area contributed by atoms with Gasteiger partial charge in [0.2, 0.25) is 0 Å². The normalized spacial score (nSPS) is 29.9. The smallest absolute Gasteiger partial charge is 0.129 e. The van der Waals surface area contributed by atoms with Crippen LogP contribution in [-0.2, 0) is 0 Å². The van der Waals surface area contributed by atoms with E-state index in [1.54, 1.807) is 0 Å². The number of hydrogen-bond donors (Lipinski definition) is 0. The van der Waals surface area contributed by atoms with Gasteiger partial charge in [-0.1, -0.05) is 12.8 Å². The molecule has 15 heavy (non-hydrogen) atoms. The van der Waals surface area contributed by atoms with Crippen LogP contribution in [0.3, 0.4) is 0 Å². The van der Waals surface area contributed by atoms with E-state index in [1.807, 2.05) is 11.8 Å². The summed E-state index contributed by atoms with van der Waals surface area (Å²) in [4.78, 5) is 0. The van der Waals surface area contributed by atoms with Gasteiger partial charge in [0.15, 0.2) is 0 Å². The quantitative estimate of drug-likeness (QED) is 0.587. The van der Waals surface area contributed by atoms with Crippen molar-refractivity contribution in [2.75, 3.05) is 5.75 Å². The summed E-state index contributed by atoms with van der Waals surface area (Å²) in [5, 5.41) is 18.5. The van der Waals surface area contributed by atoms with Gasteiger partial charge >= 0.3 is 0 Å². The predicted octanol–water partition coefficient (Wildman–Crippen LogP) is 3.03. The number of thioether (sulfide) groups is 1. The van der Waals surface area contributed by atoms with Crippen molar-refractivity contribution >= 4 is 11.8 Å². The molecule has 2 atom stereocenters. The van der Waals surface area contributed by atoms with E-state index in [0.717, 1.165) is 17.7 Å². The van der Waals surface area contributed by atoms with Crippen LogP contribution in [0.1, 0.15) is 32.1 Å². The summed E-state index contributed by atoms with van der Waals surface area (Å²) < 4.78 is 0. The van der Waals surface area contributed by atoms with Crippen LogP contribution in [0.25, 0.3) is 0 Å². The lowest BCUT2D eigenvalue weighted by Crippen LogP contribution is -2.28. The van der Waals surface area contributed by atoms with Gasteiger partial charge in [-0.15, -0.1) is 0 Å². The first-order chi connectivity index (χ1) is 7.36. The molecule has 78 valence electrons. The fraction of sp³-hybridized carbons (Fsp3) is 0.667. The number of fused-ring (bicyclic) bond motifs is 1. The van der Waals surface area contributed by atoms with E-state index in [2.05, 4.69) is 12.1 Å². The Balaban J connectivity index is 2.29. The third-order valence-electron chi connectivity index (χ3n) is 3.40. The second-order valence-corrected chi connectivity index (χ2v) is 5.52. The topological polar surface area (TPSA) is 47.6 Å². The minimum absolute atomic E-state index is 0.396. The Morgan fingerprint density at radius 2 is 1.93 bits per heavy atom. The first-order valence-electron chi connectivity index (χ1n) is 5.51. The maximum absolute atomic E-state index is 8.93. The minimum atomic E-state index is 0.396. The van der Waals surface area contributed by atoms with Crippen molar-refractivity contribution in [1.29, 1.82) is 10.5 Å². The minimum Gasteiger partial charge on any atom is -0.192 e. The Labute approximate surface area is 95.0 Å². The van der Waals surface area contributed by atoms with Gasteiger partial charge in [-0.2, -0.15) is 22.3 Å². The Morgan fingerprint density at radius 1 is 1.20 bits per heavy atom. The van der Waals surface area contributed by atoms with Crippen molar-refractivity contribution in [2.45, 2.75) is 37.4 Å². The third kappa shape index (κ3) is 2.03. The molecule has 2 aliphatic rings. The van der Waals surface area contributed by atoms with Crippen LogP contribution in [0.15, 0.2) is 11.1 Å². The largest absolute Gasteiger partial charge is 0.192 e. The molecule has 2 rings (SSSR count). The summed E-state index contributed by atoms with van der Waals surface area (Å²) in [5.74, 6) is 1.61. The van der Waals surface area contributed by atoms with Gasteiger partial charge in [-0.05, 0) is 36.5 Å². The number of nitriles is 2. The van der Waals surface area contributed by atoms with Crippen LogP contribution in [0.4, 0.5) is 0 Å². The average Bonchev–Trinajstić information content (AvgIpc) is 2.31. The molecule has 1 aliphatic heterocycles. The lowest BCUT2D eigenvalue weighted by Gasteiger charge is -2.37. The molecule has 0 unspecified atom stereocenters. The molecular weight excluding hydrogens is 204 g/mol.